The molecular weight excluding hydrogens is 194 g/mol. The number of amides is 1. The van der Waals surface area contributed by atoms with E-state index in [4.69, 9.17) is 9.84 Å². The molecule has 0 aliphatic carbocycles. The summed E-state index contributed by atoms with van der Waals surface area (Å²) in [5.41, 5.74) is -0.417. The van der Waals surface area contributed by atoms with Crippen LogP contribution in [-0.4, -0.2) is 47.8 Å². The van der Waals surface area contributed by atoms with Gasteiger partial charge in [-0.15, -0.1) is 0 Å². The van der Waals surface area contributed by atoms with Gasteiger partial charge in [0.15, 0.2) is 0 Å². The number of aliphatic hydroxyl groups excluding tert-OH is 1. The number of methoxy groups -OCH3 is 1. The van der Waals surface area contributed by atoms with Crippen LogP contribution in [0.3, 0.4) is 0 Å². The van der Waals surface area contributed by atoms with E-state index in [1.807, 2.05) is 13.8 Å². The Hall–Kier alpha value is -0.610. The number of ether oxygens (including phenoxy) is 1. The van der Waals surface area contributed by atoms with Crippen molar-refractivity contribution in [2.75, 3.05) is 20.3 Å². The molecule has 0 radical (unpaired) electrons. The Balaban J connectivity index is 2.53. The molecule has 1 N–H and O–H groups in total. The average molecular weight is 215 g/mol. The minimum Gasteiger partial charge on any atom is -0.394 e. The molecule has 4 nitrogen and oxygen atoms in total. The minimum atomic E-state index is -0.417. The molecule has 88 valence electrons. The molecule has 1 saturated heterocycles. The molecule has 0 aromatic heterocycles. The van der Waals surface area contributed by atoms with E-state index in [0.717, 1.165) is 19.4 Å². The van der Waals surface area contributed by atoms with E-state index in [9.17, 15) is 4.79 Å². The standard InChI is InChI=1S/C11H21NO3/c1-11(2,15-3)7-10(14)12-6-4-5-9(12)8-13/h9,13H,4-8H2,1-3H3/t9-/m0/s1. The van der Waals surface area contributed by atoms with Crippen molar-refractivity contribution in [1.82, 2.24) is 4.90 Å². The predicted octanol–water partition coefficient (Wildman–Crippen LogP) is 0.785. The second kappa shape index (κ2) is 4.94. The second-order valence-electron chi connectivity index (χ2n) is 4.71. The lowest BCUT2D eigenvalue weighted by Crippen LogP contribution is -2.41. The first-order chi connectivity index (χ1) is 7.00. The third-order valence-corrected chi connectivity index (χ3v) is 3.04. The van der Waals surface area contributed by atoms with E-state index >= 15 is 0 Å². The van der Waals surface area contributed by atoms with Crippen molar-refractivity contribution in [3.8, 4) is 0 Å². The Morgan fingerprint density at radius 2 is 2.27 bits per heavy atom. The van der Waals surface area contributed by atoms with Gasteiger partial charge in [-0.2, -0.15) is 0 Å². The SMILES string of the molecule is COC(C)(C)CC(=O)N1CCC[C@H]1CO. The lowest BCUT2D eigenvalue weighted by molar-refractivity contribution is -0.138. The van der Waals surface area contributed by atoms with Gasteiger partial charge >= 0.3 is 0 Å². The molecule has 15 heavy (non-hydrogen) atoms. The number of rotatable bonds is 4. The number of nitrogens with zero attached hydrogens (tertiary/aromatic N) is 1. The molecule has 1 rings (SSSR count). The van der Waals surface area contributed by atoms with E-state index in [2.05, 4.69) is 0 Å². The van der Waals surface area contributed by atoms with Crippen LogP contribution < -0.4 is 0 Å². The number of aliphatic hydroxyl groups is 1. The molecule has 0 bridgehead atoms. The summed E-state index contributed by atoms with van der Waals surface area (Å²) < 4.78 is 5.23. The predicted molar refractivity (Wildman–Crippen MR) is 57.5 cm³/mol. The van der Waals surface area contributed by atoms with Crippen molar-refractivity contribution < 1.29 is 14.6 Å². The molecule has 4 heteroatoms. The van der Waals surface area contributed by atoms with Crippen LogP contribution in [0.5, 0.6) is 0 Å². The smallest absolute Gasteiger partial charge is 0.225 e. The van der Waals surface area contributed by atoms with E-state index in [-0.39, 0.29) is 18.6 Å². The van der Waals surface area contributed by atoms with Crippen molar-refractivity contribution >= 4 is 5.91 Å². The van der Waals surface area contributed by atoms with Crippen LogP contribution in [0.25, 0.3) is 0 Å². The molecular formula is C11H21NO3. The monoisotopic (exact) mass is 215 g/mol. The van der Waals surface area contributed by atoms with Crippen LogP contribution in [0.2, 0.25) is 0 Å². The summed E-state index contributed by atoms with van der Waals surface area (Å²) in [5, 5.41) is 9.12. The second-order valence-corrected chi connectivity index (χ2v) is 4.71. The average Bonchev–Trinajstić information content (AvgIpc) is 2.64. The summed E-state index contributed by atoms with van der Waals surface area (Å²) in [5.74, 6) is 0.0819. The van der Waals surface area contributed by atoms with E-state index < -0.39 is 5.60 Å². The van der Waals surface area contributed by atoms with Crippen LogP contribution in [-0.2, 0) is 9.53 Å². The summed E-state index contributed by atoms with van der Waals surface area (Å²) in [7, 11) is 1.61. The first-order valence-electron chi connectivity index (χ1n) is 5.45. The highest BCUT2D eigenvalue weighted by atomic mass is 16.5. The van der Waals surface area contributed by atoms with Crippen molar-refractivity contribution in [3.63, 3.8) is 0 Å². The third kappa shape index (κ3) is 3.18. The molecule has 1 aliphatic heterocycles. The molecule has 0 spiro atoms. The van der Waals surface area contributed by atoms with Crippen molar-refractivity contribution in [2.45, 2.75) is 44.8 Å². The van der Waals surface area contributed by atoms with E-state index in [0.29, 0.717) is 6.42 Å². The lowest BCUT2D eigenvalue weighted by Gasteiger charge is -2.28. The van der Waals surface area contributed by atoms with Crippen molar-refractivity contribution in [1.29, 1.82) is 0 Å². The Bertz CT molecular complexity index is 228. The highest BCUT2D eigenvalue weighted by Crippen LogP contribution is 2.21. The van der Waals surface area contributed by atoms with Gasteiger partial charge in [0.25, 0.3) is 0 Å². The van der Waals surface area contributed by atoms with Gasteiger partial charge in [-0.1, -0.05) is 0 Å². The molecule has 1 atom stereocenters. The minimum absolute atomic E-state index is 0.0187. The van der Waals surface area contributed by atoms with Crippen LogP contribution in [0.1, 0.15) is 33.1 Å². The van der Waals surface area contributed by atoms with Crippen molar-refractivity contribution in [2.24, 2.45) is 0 Å². The maximum Gasteiger partial charge on any atom is 0.225 e. The molecule has 1 amide bonds. The van der Waals surface area contributed by atoms with Crippen LogP contribution >= 0.6 is 0 Å². The van der Waals surface area contributed by atoms with Gasteiger partial charge < -0.3 is 14.7 Å². The maximum absolute atomic E-state index is 11.9. The van der Waals surface area contributed by atoms with E-state index in [1.54, 1.807) is 12.0 Å². The zero-order valence-corrected chi connectivity index (χ0v) is 9.82. The first kappa shape index (κ1) is 12.5. The van der Waals surface area contributed by atoms with Gasteiger partial charge in [-0.25, -0.2) is 0 Å². The Kier molecular flexibility index (Phi) is 4.11. The number of likely N-dealkylation sites (tertiary alicyclic amines) is 1. The van der Waals surface area contributed by atoms with Gasteiger partial charge in [-0.05, 0) is 26.7 Å². The zero-order chi connectivity index (χ0) is 11.5. The highest BCUT2D eigenvalue weighted by molar-refractivity contribution is 5.77. The fourth-order valence-corrected chi connectivity index (χ4v) is 1.89. The van der Waals surface area contributed by atoms with Gasteiger partial charge in [0.1, 0.15) is 0 Å². The van der Waals surface area contributed by atoms with Crippen molar-refractivity contribution in [3.05, 3.63) is 0 Å². The third-order valence-electron chi connectivity index (χ3n) is 3.04. The Morgan fingerprint density at radius 1 is 1.60 bits per heavy atom. The summed E-state index contributed by atoms with van der Waals surface area (Å²) >= 11 is 0. The summed E-state index contributed by atoms with van der Waals surface area (Å²) in [4.78, 5) is 13.7. The van der Waals surface area contributed by atoms with Gasteiger partial charge in [0.05, 0.1) is 24.7 Å². The number of hydrogen-bond donors (Lipinski definition) is 1. The van der Waals surface area contributed by atoms with Crippen LogP contribution in [0.15, 0.2) is 0 Å². The molecule has 0 aromatic carbocycles. The highest BCUT2D eigenvalue weighted by Gasteiger charge is 2.31. The van der Waals surface area contributed by atoms with E-state index in [1.165, 1.54) is 0 Å². The molecule has 0 unspecified atom stereocenters. The summed E-state index contributed by atoms with van der Waals surface area (Å²) in [6.07, 6.45) is 2.28. The number of hydrogen-bond acceptors (Lipinski definition) is 3. The van der Waals surface area contributed by atoms with Gasteiger partial charge in [0.2, 0.25) is 5.91 Å². The Morgan fingerprint density at radius 3 is 2.80 bits per heavy atom. The first-order valence-corrected chi connectivity index (χ1v) is 5.45. The normalized spacial score (nSPS) is 22.1. The fourth-order valence-electron chi connectivity index (χ4n) is 1.89. The number of carbonyl (C=O) groups is 1. The quantitative estimate of drug-likeness (QED) is 0.754. The molecule has 0 saturated carbocycles. The lowest BCUT2D eigenvalue weighted by atomic mass is 10.0. The zero-order valence-electron chi connectivity index (χ0n) is 9.82. The molecule has 1 heterocycles. The largest absolute Gasteiger partial charge is 0.394 e. The van der Waals surface area contributed by atoms with Gasteiger partial charge in [-0.3, -0.25) is 4.79 Å². The summed E-state index contributed by atoms with van der Waals surface area (Å²) in [6, 6.07) is 0.0187. The molecule has 0 aromatic rings. The topological polar surface area (TPSA) is 49.8 Å². The van der Waals surface area contributed by atoms with Gasteiger partial charge in [0, 0.05) is 13.7 Å². The fraction of sp³-hybridized carbons (Fsp3) is 0.909. The van der Waals surface area contributed by atoms with Crippen LogP contribution in [0, 0.1) is 0 Å². The Labute approximate surface area is 91.2 Å². The van der Waals surface area contributed by atoms with Crippen LogP contribution in [0.4, 0.5) is 0 Å². The summed E-state index contributed by atoms with van der Waals surface area (Å²) in [6.45, 7) is 4.63. The molecule has 1 aliphatic rings. The number of carbonyl (C=O) groups excluding carboxylic acids is 1. The molecule has 1 fully saturated rings. The maximum atomic E-state index is 11.9.